The van der Waals surface area contributed by atoms with Crippen LogP contribution < -0.4 is 10.1 Å². The summed E-state index contributed by atoms with van der Waals surface area (Å²) in [6.07, 6.45) is 2.13. The van der Waals surface area contributed by atoms with Crippen molar-refractivity contribution in [2.45, 2.75) is 26.7 Å². The second-order valence-electron chi connectivity index (χ2n) is 5.16. The van der Waals surface area contributed by atoms with E-state index in [1.165, 1.54) is 0 Å². The Kier molecular flexibility index (Phi) is 6.01. The third-order valence-corrected chi connectivity index (χ3v) is 3.91. The smallest absolute Gasteiger partial charge is 0.255 e. The Balaban J connectivity index is 2.00. The van der Waals surface area contributed by atoms with E-state index in [1.54, 1.807) is 12.1 Å². The van der Waals surface area contributed by atoms with Crippen LogP contribution in [0.2, 0.25) is 0 Å². The van der Waals surface area contributed by atoms with E-state index in [0.29, 0.717) is 12.2 Å². The fourth-order valence-electron chi connectivity index (χ4n) is 1.95. The molecule has 0 saturated carbocycles. The van der Waals surface area contributed by atoms with Gasteiger partial charge in [0.15, 0.2) is 0 Å². The normalized spacial score (nSPS) is 10.3. The van der Waals surface area contributed by atoms with E-state index in [0.717, 1.165) is 34.3 Å². The lowest BCUT2D eigenvalue weighted by molar-refractivity contribution is 0.102. The first kappa shape index (κ1) is 16.6. The Morgan fingerprint density at radius 1 is 1.18 bits per heavy atom. The van der Waals surface area contributed by atoms with Crippen molar-refractivity contribution in [2.75, 3.05) is 11.9 Å². The number of hydrogen-bond acceptors (Lipinski definition) is 2. The van der Waals surface area contributed by atoms with Crippen LogP contribution in [-0.2, 0) is 0 Å². The zero-order chi connectivity index (χ0) is 15.9. The van der Waals surface area contributed by atoms with E-state index >= 15 is 0 Å². The molecule has 116 valence electrons. The van der Waals surface area contributed by atoms with Gasteiger partial charge in [-0.3, -0.25) is 4.79 Å². The van der Waals surface area contributed by atoms with E-state index in [1.807, 2.05) is 37.3 Å². The molecule has 4 heteroatoms. The van der Waals surface area contributed by atoms with Gasteiger partial charge >= 0.3 is 0 Å². The summed E-state index contributed by atoms with van der Waals surface area (Å²) in [7, 11) is 0. The second kappa shape index (κ2) is 7.99. The molecule has 0 bridgehead atoms. The first-order chi connectivity index (χ1) is 10.6. The van der Waals surface area contributed by atoms with Crippen LogP contribution >= 0.6 is 15.9 Å². The van der Waals surface area contributed by atoms with Gasteiger partial charge in [0.05, 0.1) is 12.3 Å². The Morgan fingerprint density at radius 2 is 1.91 bits per heavy atom. The molecule has 0 aromatic heterocycles. The summed E-state index contributed by atoms with van der Waals surface area (Å²) in [6.45, 7) is 4.84. The quantitative estimate of drug-likeness (QED) is 0.719. The van der Waals surface area contributed by atoms with Gasteiger partial charge in [-0.1, -0.05) is 19.4 Å². The van der Waals surface area contributed by atoms with Gasteiger partial charge in [-0.25, -0.2) is 0 Å². The average Bonchev–Trinajstić information content (AvgIpc) is 2.51. The summed E-state index contributed by atoms with van der Waals surface area (Å²) in [6, 6.07) is 13.0. The molecule has 2 aromatic carbocycles. The van der Waals surface area contributed by atoms with Gasteiger partial charge in [0.25, 0.3) is 5.91 Å². The molecule has 0 aliphatic rings. The monoisotopic (exact) mass is 361 g/mol. The topological polar surface area (TPSA) is 38.3 Å². The lowest BCUT2D eigenvalue weighted by atomic mass is 10.2. The number of anilines is 1. The maximum absolute atomic E-state index is 12.3. The summed E-state index contributed by atoms with van der Waals surface area (Å²) < 4.78 is 6.47. The van der Waals surface area contributed by atoms with Crippen LogP contribution in [0, 0.1) is 6.92 Å². The van der Waals surface area contributed by atoms with Crippen molar-refractivity contribution in [2.24, 2.45) is 0 Å². The highest BCUT2D eigenvalue weighted by Crippen LogP contribution is 2.24. The van der Waals surface area contributed by atoms with E-state index in [2.05, 4.69) is 28.2 Å². The molecule has 0 fully saturated rings. The maximum atomic E-state index is 12.3. The highest BCUT2D eigenvalue weighted by atomic mass is 79.9. The van der Waals surface area contributed by atoms with Gasteiger partial charge in [0.2, 0.25) is 0 Å². The Morgan fingerprint density at radius 3 is 2.55 bits per heavy atom. The third kappa shape index (κ3) is 4.60. The molecule has 0 atom stereocenters. The highest BCUT2D eigenvalue weighted by Gasteiger charge is 2.08. The van der Waals surface area contributed by atoms with Crippen molar-refractivity contribution in [3.63, 3.8) is 0 Å². The number of halogens is 1. The molecule has 0 heterocycles. The molecule has 22 heavy (non-hydrogen) atoms. The first-order valence-corrected chi connectivity index (χ1v) is 8.20. The summed E-state index contributed by atoms with van der Waals surface area (Å²) in [5.74, 6) is 0.658. The van der Waals surface area contributed by atoms with Gasteiger partial charge in [-0.2, -0.15) is 0 Å². The van der Waals surface area contributed by atoms with Crippen molar-refractivity contribution in [1.29, 1.82) is 0 Å². The number of unbranched alkanes of at least 4 members (excludes halogenated alkanes) is 1. The lowest BCUT2D eigenvalue weighted by Gasteiger charge is -2.09. The number of carbonyl (C=O) groups excluding carboxylic acids is 1. The maximum Gasteiger partial charge on any atom is 0.255 e. The third-order valence-electron chi connectivity index (χ3n) is 3.26. The van der Waals surface area contributed by atoms with Crippen LogP contribution in [0.1, 0.15) is 35.7 Å². The number of carbonyl (C=O) groups is 1. The van der Waals surface area contributed by atoms with Crippen molar-refractivity contribution >= 4 is 27.5 Å². The highest BCUT2D eigenvalue weighted by molar-refractivity contribution is 9.10. The Hall–Kier alpha value is -1.81. The van der Waals surface area contributed by atoms with E-state index in [9.17, 15) is 4.79 Å². The molecule has 3 nitrogen and oxygen atoms in total. The number of rotatable bonds is 6. The molecular weight excluding hydrogens is 342 g/mol. The molecule has 0 aliphatic carbocycles. The number of aryl methyl sites for hydroxylation is 1. The standard InChI is InChI=1S/C18H20BrNO2/c1-3-4-11-22-15-8-6-14(7-9-15)18(21)20-17-10-5-13(2)12-16(17)19/h5-10,12H,3-4,11H2,1-2H3,(H,20,21). The van der Waals surface area contributed by atoms with E-state index < -0.39 is 0 Å². The summed E-state index contributed by atoms with van der Waals surface area (Å²) in [5, 5.41) is 2.90. The average molecular weight is 362 g/mol. The molecular formula is C18H20BrNO2. The predicted octanol–water partition coefficient (Wildman–Crippen LogP) is 5.19. The van der Waals surface area contributed by atoms with Crippen molar-refractivity contribution in [1.82, 2.24) is 0 Å². The minimum Gasteiger partial charge on any atom is -0.494 e. The van der Waals surface area contributed by atoms with Crippen LogP contribution in [0.5, 0.6) is 5.75 Å². The van der Waals surface area contributed by atoms with Crippen LogP contribution in [-0.4, -0.2) is 12.5 Å². The van der Waals surface area contributed by atoms with Crippen LogP contribution in [0.4, 0.5) is 5.69 Å². The van der Waals surface area contributed by atoms with Crippen LogP contribution in [0.25, 0.3) is 0 Å². The largest absolute Gasteiger partial charge is 0.494 e. The van der Waals surface area contributed by atoms with Gasteiger partial charge in [-0.05, 0) is 71.2 Å². The number of amides is 1. The summed E-state index contributed by atoms with van der Waals surface area (Å²) >= 11 is 3.46. The van der Waals surface area contributed by atoms with Gasteiger partial charge < -0.3 is 10.1 Å². The zero-order valence-corrected chi connectivity index (χ0v) is 14.4. The molecule has 2 rings (SSSR count). The fraction of sp³-hybridized carbons (Fsp3) is 0.278. The molecule has 0 aliphatic heterocycles. The summed E-state index contributed by atoms with van der Waals surface area (Å²) in [5.41, 5.74) is 2.51. The molecule has 0 saturated heterocycles. The Labute approximate surface area is 139 Å². The van der Waals surface area contributed by atoms with Gasteiger partial charge in [-0.15, -0.1) is 0 Å². The van der Waals surface area contributed by atoms with E-state index in [4.69, 9.17) is 4.74 Å². The number of nitrogens with one attached hydrogen (secondary N) is 1. The lowest BCUT2D eigenvalue weighted by Crippen LogP contribution is -2.12. The minimum absolute atomic E-state index is 0.135. The first-order valence-electron chi connectivity index (χ1n) is 7.40. The number of ether oxygens (including phenoxy) is 1. The minimum atomic E-state index is -0.135. The molecule has 1 amide bonds. The molecule has 0 unspecified atom stereocenters. The zero-order valence-electron chi connectivity index (χ0n) is 12.9. The van der Waals surface area contributed by atoms with Gasteiger partial charge in [0.1, 0.15) is 5.75 Å². The molecule has 1 N–H and O–H groups in total. The molecule has 0 radical (unpaired) electrons. The Bertz CT molecular complexity index is 638. The number of hydrogen-bond donors (Lipinski definition) is 1. The summed E-state index contributed by atoms with van der Waals surface area (Å²) in [4.78, 5) is 12.3. The SMILES string of the molecule is CCCCOc1ccc(C(=O)Nc2ccc(C)cc2Br)cc1. The van der Waals surface area contributed by atoms with E-state index in [-0.39, 0.29) is 5.91 Å². The van der Waals surface area contributed by atoms with Crippen molar-refractivity contribution in [3.8, 4) is 5.75 Å². The van der Waals surface area contributed by atoms with Crippen molar-refractivity contribution < 1.29 is 9.53 Å². The second-order valence-corrected chi connectivity index (χ2v) is 6.02. The fourth-order valence-corrected chi connectivity index (χ4v) is 2.55. The van der Waals surface area contributed by atoms with Gasteiger partial charge in [0, 0.05) is 10.0 Å². The molecule has 2 aromatic rings. The number of benzene rings is 2. The van der Waals surface area contributed by atoms with Crippen LogP contribution in [0.15, 0.2) is 46.9 Å². The van der Waals surface area contributed by atoms with Crippen molar-refractivity contribution in [3.05, 3.63) is 58.1 Å². The predicted molar refractivity (Wildman–Crippen MR) is 93.7 cm³/mol. The van der Waals surface area contributed by atoms with Crippen LogP contribution in [0.3, 0.4) is 0 Å². The molecule has 0 spiro atoms.